The van der Waals surface area contributed by atoms with E-state index in [1.807, 2.05) is 0 Å². The van der Waals surface area contributed by atoms with E-state index in [0.717, 1.165) is 18.2 Å². The molecule has 0 saturated carbocycles. The lowest BCUT2D eigenvalue weighted by atomic mass is 10.1. The van der Waals surface area contributed by atoms with Crippen LogP contribution in [0.15, 0.2) is 40.8 Å². The lowest BCUT2D eigenvalue weighted by Gasteiger charge is -1.98. The SMILES string of the molecule is COC(=O)c1ccc(/C=C\C(=O)c2ccc(F)cc2F)o1. The number of benzene rings is 1. The van der Waals surface area contributed by atoms with Crippen LogP contribution in [0.3, 0.4) is 0 Å². The Morgan fingerprint density at radius 3 is 2.62 bits per heavy atom. The molecule has 6 heteroatoms. The summed E-state index contributed by atoms with van der Waals surface area (Å²) in [4.78, 5) is 22.9. The average molecular weight is 292 g/mol. The van der Waals surface area contributed by atoms with Crippen LogP contribution in [0.1, 0.15) is 26.7 Å². The highest BCUT2D eigenvalue weighted by Crippen LogP contribution is 2.14. The predicted molar refractivity (Wildman–Crippen MR) is 69.8 cm³/mol. The zero-order chi connectivity index (χ0) is 15.4. The standard InChI is InChI=1S/C15H10F2O4/c1-20-15(19)14-7-4-10(21-14)3-6-13(18)11-5-2-9(16)8-12(11)17/h2-8H,1H3/b6-3-. The summed E-state index contributed by atoms with van der Waals surface area (Å²) >= 11 is 0. The number of hydrogen-bond donors (Lipinski definition) is 0. The quantitative estimate of drug-likeness (QED) is 0.493. The topological polar surface area (TPSA) is 56.5 Å². The molecule has 0 bridgehead atoms. The summed E-state index contributed by atoms with van der Waals surface area (Å²) in [6.45, 7) is 0. The molecule has 0 fully saturated rings. The Bertz CT molecular complexity index is 716. The molecule has 0 N–H and O–H groups in total. The Kier molecular flexibility index (Phi) is 4.27. The molecular weight excluding hydrogens is 282 g/mol. The summed E-state index contributed by atoms with van der Waals surface area (Å²) in [5.74, 6) is -2.79. The molecule has 2 rings (SSSR count). The highest BCUT2D eigenvalue weighted by molar-refractivity contribution is 6.06. The number of rotatable bonds is 4. The molecule has 0 aliphatic heterocycles. The van der Waals surface area contributed by atoms with Gasteiger partial charge in [0.25, 0.3) is 0 Å². The molecule has 21 heavy (non-hydrogen) atoms. The van der Waals surface area contributed by atoms with Crippen LogP contribution in [0.2, 0.25) is 0 Å². The highest BCUT2D eigenvalue weighted by atomic mass is 19.1. The predicted octanol–water partition coefficient (Wildman–Crippen LogP) is 3.24. The van der Waals surface area contributed by atoms with E-state index in [4.69, 9.17) is 4.42 Å². The van der Waals surface area contributed by atoms with Gasteiger partial charge in [-0.25, -0.2) is 13.6 Å². The molecule has 0 aliphatic rings. The van der Waals surface area contributed by atoms with E-state index in [-0.39, 0.29) is 17.1 Å². The molecule has 0 aliphatic carbocycles. The third-order valence-electron chi connectivity index (χ3n) is 2.61. The van der Waals surface area contributed by atoms with Crippen LogP contribution in [0, 0.1) is 11.6 Å². The number of ketones is 1. The number of allylic oxidation sites excluding steroid dienone is 1. The molecule has 1 aromatic heterocycles. The minimum atomic E-state index is -0.945. The van der Waals surface area contributed by atoms with Gasteiger partial charge in [-0.05, 0) is 36.4 Å². The maximum atomic E-state index is 13.4. The molecule has 4 nitrogen and oxygen atoms in total. The van der Waals surface area contributed by atoms with Crippen LogP contribution in [0.4, 0.5) is 8.78 Å². The molecule has 0 amide bonds. The number of esters is 1. The van der Waals surface area contributed by atoms with Crippen molar-refractivity contribution < 1.29 is 27.5 Å². The van der Waals surface area contributed by atoms with Crippen molar-refractivity contribution in [1.82, 2.24) is 0 Å². The van der Waals surface area contributed by atoms with Crippen LogP contribution in [-0.4, -0.2) is 18.9 Å². The van der Waals surface area contributed by atoms with Gasteiger partial charge < -0.3 is 9.15 Å². The van der Waals surface area contributed by atoms with Gasteiger partial charge in [-0.3, -0.25) is 4.79 Å². The van der Waals surface area contributed by atoms with E-state index in [1.165, 1.54) is 25.3 Å². The van der Waals surface area contributed by atoms with Gasteiger partial charge in [-0.1, -0.05) is 0 Å². The van der Waals surface area contributed by atoms with Crippen LogP contribution in [-0.2, 0) is 4.74 Å². The van der Waals surface area contributed by atoms with Crippen molar-refractivity contribution in [3.63, 3.8) is 0 Å². The number of hydrogen-bond acceptors (Lipinski definition) is 4. The first-order chi connectivity index (χ1) is 10.0. The van der Waals surface area contributed by atoms with Crippen molar-refractivity contribution in [1.29, 1.82) is 0 Å². The maximum absolute atomic E-state index is 13.4. The number of ether oxygens (including phenoxy) is 1. The summed E-state index contributed by atoms with van der Waals surface area (Å²) < 4.78 is 35.7. The van der Waals surface area contributed by atoms with Crippen molar-refractivity contribution in [3.05, 3.63) is 65.1 Å². The lowest BCUT2D eigenvalue weighted by molar-refractivity contribution is 0.0564. The van der Waals surface area contributed by atoms with Gasteiger partial charge in [0.2, 0.25) is 5.76 Å². The number of carbonyl (C=O) groups is 2. The summed E-state index contributed by atoms with van der Waals surface area (Å²) in [7, 11) is 1.21. The fourth-order valence-corrected chi connectivity index (χ4v) is 1.59. The van der Waals surface area contributed by atoms with Gasteiger partial charge in [0.05, 0.1) is 12.7 Å². The van der Waals surface area contributed by atoms with E-state index in [0.29, 0.717) is 6.07 Å². The van der Waals surface area contributed by atoms with E-state index >= 15 is 0 Å². The van der Waals surface area contributed by atoms with Crippen LogP contribution < -0.4 is 0 Å². The Labute approximate surface area is 118 Å². The Morgan fingerprint density at radius 1 is 1.19 bits per heavy atom. The van der Waals surface area contributed by atoms with Crippen molar-refractivity contribution in [3.8, 4) is 0 Å². The average Bonchev–Trinajstić information content (AvgIpc) is 2.92. The first kappa shape index (κ1) is 14.6. The second-order valence-corrected chi connectivity index (χ2v) is 4.02. The molecule has 1 heterocycles. The van der Waals surface area contributed by atoms with Crippen LogP contribution >= 0.6 is 0 Å². The molecular formula is C15H10F2O4. The summed E-state index contributed by atoms with van der Waals surface area (Å²) in [6.07, 6.45) is 2.34. The molecule has 0 spiro atoms. The molecule has 108 valence electrons. The van der Waals surface area contributed by atoms with Gasteiger partial charge in [0, 0.05) is 6.07 Å². The van der Waals surface area contributed by atoms with Crippen LogP contribution in [0.25, 0.3) is 6.08 Å². The molecule has 0 radical (unpaired) electrons. The van der Waals surface area contributed by atoms with E-state index in [9.17, 15) is 18.4 Å². The van der Waals surface area contributed by atoms with Gasteiger partial charge in [-0.15, -0.1) is 0 Å². The van der Waals surface area contributed by atoms with Gasteiger partial charge >= 0.3 is 5.97 Å². The van der Waals surface area contributed by atoms with Gasteiger partial charge in [0.1, 0.15) is 17.4 Å². The number of furan rings is 1. The second kappa shape index (κ2) is 6.13. The number of halogens is 2. The molecule has 2 aromatic rings. The summed E-state index contributed by atoms with van der Waals surface area (Å²) in [5, 5.41) is 0. The van der Waals surface area contributed by atoms with Crippen LogP contribution in [0.5, 0.6) is 0 Å². The molecule has 0 atom stereocenters. The minimum Gasteiger partial charge on any atom is -0.463 e. The normalized spacial score (nSPS) is 10.8. The fourth-order valence-electron chi connectivity index (χ4n) is 1.59. The monoisotopic (exact) mass is 292 g/mol. The largest absolute Gasteiger partial charge is 0.463 e. The van der Waals surface area contributed by atoms with E-state index in [1.54, 1.807) is 0 Å². The Morgan fingerprint density at radius 2 is 1.95 bits per heavy atom. The Hall–Kier alpha value is -2.76. The zero-order valence-corrected chi connectivity index (χ0v) is 10.9. The van der Waals surface area contributed by atoms with Crippen molar-refractivity contribution >= 4 is 17.8 Å². The first-order valence-electron chi connectivity index (χ1n) is 5.87. The molecule has 1 aromatic carbocycles. The fraction of sp³-hybridized carbons (Fsp3) is 0.0667. The van der Waals surface area contributed by atoms with Crippen molar-refractivity contribution in [2.45, 2.75) is 0 Å². The minimum absolute atomic E-state index is 0.0161. The zero-order valence-electron chi connectivity index (χ0n) is 10.9. The second-order valence-electron chi connectivity index (χ2n) is 4.02. The van der Waals surface area contributed by atoms with E-state index < -0.39 is 23.4 Å². The summed E-state index contributed by atoms with van der Waals surface area (Å²) in [6, 6.07) is 5.51. The number of carbonyl (C=O) groups excluding carboxylic acids is 2. The van der Waals surface area contributed by atoms with E-state index in [2.05, 4.69) is 4.74 Å². The smallest absolute Gasteiger partial charge is 0.373 e. The summed E-state index contributed by atoms with van der Waals surface area (Å²) in [5.41, 5.74) is -0.257. The number of methoxy groups -OCH3 is 1. The lowest BCUT2D eigenvalue weighted by Crippen LogP contribution is -1.99. The van der Waals surface area contributed by atoms with Gasteiger partial charge in [-0.2, -0.15) is 0 Å². The third kappa shape index (κ3) is 3.42. The van der Waals surface area contributed by atoms with Crippen molar-refractivity contribution in [2.24, 2.45) is 0 Å². The van der Waals surface area contributed by atoms with Gasteiger partial charge in [0.15, 0.2) is 5.78 Å². The Balaban J connectivity index is 2.15. The highest BCUT2D eigenvalue weighted by Gasteiger charge is 2.12. The molecule has 0 saturated heterocycles. The third-order valence-corrected chi connectivity index (χ3v) is 2.61. The van der Waals surface area contributed by atoms with Crippen molar-refractivity contribution in [2.75, 3.05) is 7.11 Å². The first-order valence-corrected chi connectivity index (χ1v) is 5.87. The molecule has 0 unspecified atom stereocenters. The maximum Gasteiger partial charge on any atom is 0.373 e.